The summed E-state index contributed by atoms with van der Waals surface area (Å²) in [7, 11) is 0. The number of carbonyl (C=O) groups is 1. The van der Waals surface area contributed by atoms with Gasteiger partial charge in [0.2, 0.25) is 5.91 Å². The second-order valence-electron chi connectivity index (χ2n) is 7.03. The molecule has 17 heavy (non-hydrogen) atoms. The van der Waals surface area contributed by atoms with E-state index in [4.69, 9.17) is 0 Å². The maximum atomic E-state index is 11.2. The van der Waals surface area contributed by atoms with E-state index >= 15 is 0 Å². The van der Waals surface area contributed by atoms with E-state index in [0.29, 0.717) is 29.3 Å². The molecule has 3 heteroatoms. The van der Waals surface area contributed by atoms with Crippen LogP contribution in [0.25, 0.3) is 0 Å². The summed E-state index contributed by atoms with van der Waals surface area (Å²) in [6.45, 7) is 8.13. The van der Waals surface area contributed by atoms with Crippen LogP contribution in [0.3, 0.4) is 0 Å². The molecule has 4 atom stereocenters. The van der Waals surface area contributed by atoms with Crippen LogP contribution in [-0.2, 0) is 4.79 Å². The average Bonchev–Trinajstić information content (AvgIpc) is 2.80. The van der Waals surface area contributed by atoms with Gasteiger partial charge >= 0.3 is 0 Å². The van der Waals surface area contributed by atoms with Crippen molar-refractivity contribution >= 4 is 5.91 Å². The smallest absolute Gasteiger partial charge is 0.221 e. The minimum atomic E-state index is 0.204. The summed E-state index contributed by atoms with van der Waals surface area (Å²) in [6, 6.07) is 0.966. The van der Waals surface area contributed by atoms with Gasteiger partial charge in [0.1, 0.15) is 0 Å². The molecule has 3 fully saturated rings. The predicted molar refractivity (Wildman–Crippen MR) is 67.6 cm³/mol. The second-order valence-corrected chi connectivity index (χ2v) is 7.03. The van der Waals surface area contributed by atoms with Crippen molar-refractivity contribution in [3.05, 3.63) is 0 Å². The van der Waals surface area contributed by atoms with Gasteiger partial charge in [-0.3, -0.25) is 4.79 Å². The van der Waals surface area contributed by atoms with Crippen LogP contribution in [0.4, 0.5) is 0 Å². The molecule has 4 unspecified atom stereocenters. The molecule has 1 heterocycles. The lowest BCUT2D eigenvalue weighted by molar-refractivity contribution is -0.119. The average molecular weight is 236 g/mol. The molecule has 1 saturated heterocycles. The van der Waals surface area contributed by atoms with Crippen LogP contribution < -0.4 is 10.6 Å². The molecule has 2 saturated carbocycles. The van der Waals surface area contributed by atoms with E-state index in [1.54, 1.807) is 0 Å². The number of nitrogens with one attached hydrogen (secondary N) is 2. The zero-order chi connectivity index (χ0) is 12.3. The SMILES string of the molecule is CC1(C)C2CCC1(C)C(NC1CNC(=O)C1)C2. The summed E-state index contributed by atoms with van der Waals surface area (Å²) < 4.78 is 0. The van der Waals surface area contributed by atoms with Crippen molar-refractivity contribution in [3.63, 3.8) is 0 Å². The molecular weight excluding hydrogens is 212 g/mol. The Kier molecular flexibility index (Phi) is 2.35. The third-order valence-corrected chi connectivity index (χ3v) is 6.21. The molecule has 2 bridgehead atoms. The highest BCUT2D eigenvalue weighted by molar-refractivity contribution is 5.78. The molecule has 3 aliphatic rings. The van der Waals surface area contributed by atoms with Crippen LogP contribution in [0.15, 0.2) is 0 Å². The number of hydrogen-bond donors (Lipinski definition) is 2. The fourth-order valence-electron chi connectivity index (χ4n) is 4.46. The molecule has 0 radical (unpaired) electrons. The first-order valence-electron chi connectivity index (χ1n) is 6.96. The van der Waals surface area contributed by atoms with Crippen LogP contribution in [0.2, 0.25) is 0 Å². The summed E-state index contributed by atoms with van der Waals surface area (Å²) in [6.07, 6.45) is 4.70. The molecule has 0 aromatic heterocycles. The highest BCUT2D eigenvalue weighted by atomic mass is 16.1. The number of amides is 1. The molecule has 96 valence electrons. The standard InChI is InChI=1S/C14H24N2O/c1-13(2)9-4-5-14(13,3)11(6-9)16-10-7-12(17)15-8-10/h9-11,16H,4-8H2,1-3H3,(H,15,17). The molecule has 0 aromatic carbocycles. The highest BCUT2D eigenvalue weighted by Crippen LogP contribution is 2.65. The van der Waals surface area contributed by atoms with Crippen molar-refractivity contribution in [1.29, 1.82) is 0 Å². The third-order valence-electron chi connectivity index (χ3n) is 6.21. The quantitative estimate of drug-likeness (QED) is 0.766. The van der Waals surface area contributed by atoms with Crippen LogP contribution >= 0.6 is 0 Å². The van der Waals surface area contributed by atoms with Crippen LogP contribution in [-0.4, -0.2) is 24.5 Å². The Hall–Kier alpha value is -0.570. The maximum absolute atomic E-state index is 11.2. The van der Waals surface area contributed by atoms with Gasteiger partial charge < -0.3 is 10.6 Å². The van der Waals surface area contributed by atoms with E-state index in [0.717, 1.165) is 12.5 Å². The second kappa shape index (κ2) is 3.47. The highest BCUT2D eigenvalue weighted by Gasteiger charge is 2.61. The molecule has 3 nitrogen and oxygen atoms in total. The van der Waals surface area contributed by atoms with E-state index in [1.165, 1.54) is 19.3 Å². The zero-order valence-electron chi connectivity index (χ0n) is 11.2. The van der Waals surface area contributed by atoms with Gasteiger partial charge in [0.15, 0.2) is 0 Å². The summed E-state index contributed by atoms with van der Waals surface area (Å²) in [4.78, 5) is 11.2. The molecule has 1 amide bonds. The first-order chi connectivity index (χ1) is 7.93. The van der Waals surface area contributed by atoms with Crippen LogP contribution in [0.1, 0.15) is 46.5 Å². The summed E-state index contributed by atoms with van der Waals surface area (Å²) in [5.74, 6) is 1.07. The van der Waals surface area contributed by atoms with E-state index in [1.807, 2.05) is 0 Å². The summed E-state index contributed by atoms with van der Waals surface area (Å²) in [5.41, 5.74) is 0.879. The van der Waals surface area contributed by atoms with E-state index < -0.39 is 0 Å². The Balaban J connectivity index is 1.72. The molecule has 2 aliphatic carbocycles. The first kappa shape index (κ1) is 11.5. The van der Waals surface area contributed by atoms with Crippen molar-refractivity contribution in [2.24, 2.45) is 16.7 Å². The Bertz CT molecular complexity index is 352. The van der Waals surface area contributed by atoms with Gasteiger partial charge in [0.25, 0.3) is 0 Å². The molecule has 0 aromatic rings. The maximum Gasteiger partial charge on any atom is 0.221 e. The molecule has 3 rings (SSSR count). The number of fused-ring (bicyclic) bond motifs is 2. The zero-order valence-corrected chi connectivity index (χ0v) is 11.2. The lowest BCUT2D eigenvalue weighted by Gasteiger charge is -2.40. The summed E-state index contributed by atoms with van der Waals surface area (Å²) >= 11 is 0. The Morgan fingerprint density at radius 2 is 2.12 bits per heavy atom. The van der Waals surface area contributed by atoms with Gasteiger partial charge in [-0.2, -0.15) is 0 Å². The monoisotopic (exact) mass is 236 g/mol. The molecule has 0 spiro atoms. The molecular formula is C14H24N2O. The predicted octanol–water partition coefficient (Wildman–Crippen LogP) is 1.68. The Labute approximate surface area is 104 Å². The van der Waals surface area contributed by atoms with Crippen molar-refractivity contribution in [2.75, 3.05) is 6.54 Å². The van der Waals surface area contributed by atoms with Crippen molar-refractivity contribution in [3.8, 4) is 0 Å². The van der Waals surface area contributed by atoms with Crippen molar-refractivity contribution in [1.82, 2.24) is 10.6 Å². The van der Waals surface area contributed by atoms with Gasteiger partial charge in [-0.05, 0) is 36.0 Å². The van der Waals surface area contributed by atoms with Crippen LogP contribution in [0, 0.1) is 16.7 Å². The van der Waals surface area contributed by atoms with Gasteiger partial charge in [-0.1, -0.05) is 20.8 Å². The normalized spacial score (nSPS) is 47.5. The first-order valence-corrected chi connectivity index (χ1v) is 6.96. The van der Waals surface area contributed by atoms with Gasteiger partial charge in [0, 0.05) is 25.0 Å². The number of carbonyl (C=O) groups excluding carboxylic acids is 1. The van der Waals surface area contributed by atoms with Gasteiger partial charge in [-0.15, -0.1) is 0 Å². The van der Waals surface area contributed by atoms with Crippen molar-refractivity contribution < 1.29 is 4.79 Å². The number of rotatable bonds is 2. The Morgan fingerprint density at radius 3 is 2.59 bits per heavy atom. The lowest BCUT2D eigenvalue weighted by Crippen LogP contribution is -2.49. The minimum absolute atomic E-state index is 0.204. The van der Waals surface area contributed by atoms with E-state index in [-0.39, 0.29) is 5.91 Å². The Morgan fingerprint density at radius 1 is 1.35 bits per heavy atom. The number of hydrogen-bond acceptors (Lipinski definition) is 2. The van der Waals surface area contributed by atoms with E-state index in [2.05, 4.69) is 31.4 Å². The minimum Gasteiger partial charge on any atom is -0.354 e. The molecule has 1 aliphatic heterocycles. The van der Waals surface area contributed by atoms with Crippen molar-refractivity contribution in [2.45, 2.75) is 58.5 Å². The third kappa shape index (κ3) is 1.48. The fourth-order valence-corrected chi connectivity index (χ4v) is 4.46. The topological polar surface area (TPSA) is 41.1 Å². The van der Waals surface area contributed by atoms with E-state index in [9.17, 15) is 4.79 Å². The largest absolute Gasteiger partial charge is 0.354 e. The van der Waals surface area contributed by atoms with Gasteiger partial charge in [0.05, 0.1) is 0 Å². The lowest BCUT2D eigenvalue weighted by atomic mass is 9.69. The van der Waals surface area contributed by atoms with Gasteiger partial charge in [-0.25, -0.2) is 0 Å². The fraction of sp³-hybridized carbons (Fsp3) is 0.929. The molecule has 2 N–H and O–H groups in total. The van der Waals surface area contributed by atoms with Crippen LogP contribution in [0.5, 0.6) is 0 Å². The summed E-state index contributed by atoms with van der Waals surface area (Å²) in [5, 5.41) is 6.67.